The largest absolute Gasteiger partial charge is 0.497 e. The number of nitrogens with one attached hydrogen (secondary N) is 4. The molecule has 4 atom stereocenters. The Labute approximate surface area is 361 Å². The quantitative estimate of drug-likeness (QED) is 0.0764. The minimum Gasteiger partial charge on any atom is -0.497 e. The molecule has 6 rings (SSSR count). The van der Waals surface area contributed by atoms with Crippen LogP contribution in [-0.4, -0.2) is 67.6 Å². The first kappa shape index (κ1) is 44.8. The van der Waals surface area contributed by atoms with Gasteiger partial charge in [0.15, 0.2) is 0 Å². The van der Waals surface area contributed by atoms with Gasteiger partial charge in [0.2, 0.25) is 11.8 Å². The highest BCUT2D eigenvalue weighted by atomic mass is 32.2. The third-order valence-electron chi connectivity index (χ3n) is 10.2. The zero-order valence-corrected chi connectivity index (χ0v) is 36.2. The van der Waals surface area contributed by atoms with Crippen molar-refractivity contribution in [3.63, 3.8) is 0 Å². The molecule has 0 spiro atoms. The van der Waals surface area contributed by atoms with Crippen LogP contribution in [-0.2, 0) is 35.6 Å². The number of carbonyl (C=O) groups is 4. The predicted molar refractivity (Wildman–Crippen MR) is 235 cm³/mol. The Morgan fingerprint density at radius 1 is 0.871 bits per heavy atom. The highest BCUT2D eigenvalue weighted by Gasteiger charge is 2.61. The standard InChI is InChI=1S/C47H51N5O9S/c1-8-32-28-47(32,44(55)52-62(57,58)35-17-13-10-14-18-35)51-42(53)39(49-43(54)41(29(2)3)50-45(56)61-46(4,5)6)25-30-19-21-33(22-20-30)60-40-27-37(31-15-11-9-12-16-31)48-38-26-34(59-7)23-24-36(38)40/h8-24,26-27,29,32,39,41H,1,25,28H2,2-7H3,(H,49,54)(H,50,56)(H,51,53)(H,52,55)/t32-,39+,41+,47-/m1/s1. The number of methoxy groups -OCH3 is 1. The maximum atomic E-state index is 14.3. The normalized spacial score (nSPS) is 16.9. The van der Waals surface area contributed by atoms with Gasteiger partial charge in [-0.05, 0) is 75.1 Å². The van der Waals surface area contributed by atoms with Gasteiger partial charge in [-0.1, -0.05) is 80.6 Å². The van der Waals surface area contributed by atoms with E-state index in [0.29, 0.717) is 34.0 Å². The first-order valence-corrected chi connectivity index (χ1v) is 21.6. The van der Waals surface area contributed by atoms with Crippen molar-refractivity contribution >= 4 is 44.7 Å². The van der Waals surface area contributed by atoms with Crippen molar-refractivity contribution in [1.82, 2.24) is 25.7 Å². The van der Waals surface area contributed by atoms with Gasteiger partial charge in [0, 0.05) is 35.4 Å². The summed E-state index contributed by atoms with van der Waals surface area (Å²) in [6.07, 6.45) is 0.653. The Hall–Kier alpha value is -6.74. The van der Waals surface area contributed by atoms with Crippen molar-refractivity contribution in [2.24, 2.45) is 11.8 Å². The molecule has 0 unspecified atom stereocenters. The first-order chi connectivity index (χ1) is 29.4. The van der Waals surface area contributed by atoms with Crippen LogP contribution in [0.25, 0.3) is 22.2 Å². The number of rotatable bonds is 16. The summed E-state index contributed by atoms with van der Waals surface area (Å²) in [6.45, 7) is 12.3. The van der Waals surface area contributed by atoms with Crippen molar-refractivity contribution in [2.75, 3.05) is 7.11 Å². The SMILES string of the molecule is C=C[C@@H]1C[C@]1(NC(=O)[C@H](Cc1ccc(Oc2cc(-c3ccccc3)nc3cc(OC)ccc23)cc1)NC(=O)[C@@H](NC(=O)OC(C)(C)C)C(C)C)C(=O)NS(=O)(=O)c1ccccc1. The van der Waals surface area contributed by atoms with Crippen LogP contribution in [0, 0.1) is 11.8 Å². The van der Waals surface area contributed by atoms with Gasteiger partial charge in [-0.15, -0.1) is 6.58 Å². The van der Waals surface area contributed by atoms with Crippen LogP contribution in [0.15, 0.2) is 127 Å². The van der Waals surface area contributed by atoms with Crippen molar-refractivity contribution in [3.8, 4) is 28.5 Å². The summed E-state index contributed by atoms with van der Waals surface area (Å²) < 4.78 is 45.7. The minimum atomic E-state index is -4.29. The number of sulfonamides is 1. The number of carbonyl (C=O) groups excluding carboxylic acids is 4. The number of pyridine rings is 1. The van der Waals surface area contributed by atoms with Gasteiger partial charge < -0.3 is 30.2 Å². The number of fused-ring (bicyclic) bond motifs is 1. The van der Waals surface area contributed by atoms with Gasteiger partial charge in [-0.2, -0.15) is 0 Å². The number of hydrogen-bond donors (Lipinski definition) is 4. The fourth-order valence-corrected chi connectivity index (χ4v) is 7.91. The monoisotopic (exact) mass is 861 g/mol. The van der Waals surface area contributed by atoms with Crippen LogP contribution in [0.2, 0.25) is 0 Å². The molecule has 4 N–H and O–H groups in total. The molecule has 4 aromatic carbocycles. The number of hydrogen-bond acceptors (Lipinski definition) is 10. The highest BCUT2D eigenvalue weighted by Crippen LogP contribution is 2.45. The second-order valence-electron chi connectivity index (χ2n) is 16.4. The molecule has 15 heteroatoms. The third-order valence-corrected chi connectivity index (χ3v) is 11.6. The number of amides is 4. The first-order valence-electron chi connectivity index (χ1n) is 20.1. The topological polar surface area (TPSA) is 191 Å². The van der Waals surface area contributed by atoms with Crippen LogP contribution in [0.3, 0.4) is 0 Å². The molecule has 0 bridgehead atoms. The van der Waals surface area contributed by atoms with E-state index in [0.717, 1.165) is 10.9 Å². The molecular formula is C47H51N5O9S. The molecule has 1 heterocycles. The summed E-state index contributed by atoms with van der Waals surface area (Å²) in [4.78, 5) is 59.5. The summed E-state index contributed by atoms with van der Waals surface area (Å²) in [7, 11) is -2.70. The lowest BCUT2D eigenvalue weighted by molar-refractivity contribution is -0.133. The molecule has 5 aromatic rings. The second kappa shape index (κ2) is 18.5. The number of ether oxygens (including phenoxy) is 3. The Morgan fingerprint density at radius 2 is 1.52 bits per heavy atom. The van der Waals surface area contributed by atoms with Crippen molar-refractivity contribution < 1.29 is 41.8 Å². The van der Waals surface area contributed by atoms with Gasteiger partial charge in [-0.3, -0.25) is 14.4 Å². The Bertz CT molecular complexity index is 2560. The van der Waals surface area contributed by atoms with Crippen LogP contribution in [0.5, 0.6) is 17.2 Å². The van der Waals surface area contributed by atoms with Gasteiger partial charge in [-0.25, -0.2) is 22.9 Å². The van der Waals surface area contributed by atoms with E-state index in [1.54, 1.807) is 72.1 Å². The lowest BCUT2D eigenvalue weighted by Crippen LogP contribution is -2.60. The van der Waals surface area contributed by atoms with E-state index in [2.05, 4.69) is 27.3 Å². The molecule has 1 fully saturated rings. The molecule has 1 aliphatic rings. The summed E-state index contributed by atoms with van der Waals surface area (Å²) in [5.74, 6) is -1.75. The fraction of sp³-hybridized carbons (Fsp3) is 0.298. The van der Waals surface area contributed by atoms with Crippen LogP contribution in [0.4, 0.5) is 4.79 Å². The van der Waals surface area contributed by atoms with E-state index in [-0.39, 0.29) is 17.7 Å². The lowest BCUT2D eigenvalue weighted by atomic mass is 10.0. The zero-order chi connectivity index (χ0) is 44.8. The fourth-order valence-electron chi connectivity index (χ4n) is 6.85. The number of nitrogens with zero attached hydrogens (tertiary/aromatic N) is 1. The molecule has 14 nitrogen and oxygen atoms in total. The summed E-state index contributed by atoms with van der Waals surface area (Å²) >= 11 is 0. The van der Waals surface area contributed by atoms with Crippen molar-refractivity contribution in [2.45, 2.75) is 75.6 Å². The van der Waals surface area contributed by atoms with E-state index >= 15 is 0 Å². The van der Waals surface area contributed by atoms with Crippen molar-refractivity contribution in [3.05, 3.63) is 127 Å². The van der Waals surface area contributed by atoms with Crippen molar-refractivity contribution in [1.29, 1.82) is 0 Å². The van der Waals surface area contributed by atoms with Gasteiger partial charge >= 0.3 is 6.09 Å². The van der Waals surface area contributed by atoms with Gasteiger partial charge in [0.1, 0.15) is 40.5 Å². The molecule has 0 radical (unpaired) electrons. The summed E-state index contributed by atoms with van der Waals surface area (Å²) in [5.41, 5.74) is 0.367. The second-order valence-corrected chi connectivity index (χ2v) is 18.1. The molecule has 0 saturated heterocycles. The maximum absolute atomic E-state index is 14.3. The average Bonchev–Trinajstić information content (AvgIpc) is 3.96. The molecule has 1 aliphatic carbocycles. The van der Waals surface area contributed by atoms with E-state index in [9.17, 15) is 27.6 Å². The maximum Gasteiger partial charge on any atom is 0.408 e. The number of benzene rings is 4. The van der Waals surface area contributed by atoms with E-state index in [4.69, 9.17) is 19.2 Å². The Balaban J connectivity index is 1.27. The molecule has 62 heavy (non-hydrogen) atoms. The summed E-state index contributed by atoms with van der Waals surface area (Å²) in [5, 5.41) is 8.87. The Morgan fingerprint density at radius 3 is 2.11 bits per heavy atom. The van der Waals surface area contributed by atoms with E-state index in [1.165, 1.54) is 30.3 Å². The molecule has 4 amide bonds. The molecular weight excluding hydrogens is 811 g/mol. The summed E-state index contributed by atoms with van der Waals surface area (Å²) in [6, 6.07) is 29.0. The molecule has 324 valence electrons. The van der Waals surface area contributed by atoms with Crippen LogP contribution < -0.4 is 30.1 Å². The highest BCUT2D eigenvalue weighted by molar-refractivity contribution is 7.90. The smallest absolute Gasteiger partial charge is 0.408 e. The zero-order valence-electron chi connectivity index (χ0n) is 35.4. The Kier molecular flexibility index (Phi) is 13.4. The van der Waals surface area contributed by atoms with Gasteiger partial charge in [0.25, 0.3) is 15.9 Å². The number of alkyl carbamates (subject to hydrolysis) is 1. The molecule has 1 aromatic heterocycles. The number of aromatic nitrogens is 1. The van der Waals surface area contributed by atoms with Crippen LogP contribution in [0.1, 0.15) is 46.6 Å². The lowest BCUT2D eigenvalue weighted by Gasteiger charge is -2.28. The molecule has 1 saturated carbocycles. The predicted octanol–water partition coefficient (Wildman–Crippen LogP) is 6.85. The average molecular weight is 862 g/mol. The minimum absolute atomic E-state index is 0.0655. The van der Waals surface area contributed by atoms with Crippen LogP contribution >= 0.6 is 0 Å². The van der Waals surface area contributed by atoms with E-state index < -0.39 is 68.9 Å². The van der Waals surface area contributed by atoms with Gasteiger partial charge in [0.05, 0.1) is 23.2 Å². The molecule has 0 aliphatic heterocycles. The van der Waals surface area contributed by atoms with E-state index in [1.807, 2.05) is 54.6 Å². The third kappa shape index (κ3) is 10.8.